The highest BCUT2D eigenvalue weighted by Gasteiger charge is 2.17. The first kappa shape index (κ1) is 14.9. The van der Waals surface area contributed by atoms with E-state index in [0.717, 1.165) is 16.7 Å². The molecule has 0 aliphatic heterocycles. The summed E-state index contributed by atoms with van der Waals surface area (Å²) >= 11 is 0. The van der Waals surface area contributed by atoms with Gasteiger partial charge in [-0.1, -0.05) is 43.5 Å². The van der Waals surface area contributed by atoms with E-state index >= 15 is 0 Å². The lowest BCUT2D eigenvalue weighted by Gasteiger charge is -2.10. The van der Waals surface area contributed by atoms with Crippen molar-refractivity contribution in [2.45, 2.75) is 45.5 Å². The van der Waals surface area contributed by atoms with E-state index in [0.29, 0.717) is 5.92 Å². The number of hydrogen-bond donors (Lipinski definition) is 1. The average molecular weight is 282 g/mol. The zero-order valence-electron chi connectivity index (χ0n) is 12.7. The van der Waals surface area contributed by atoms with Crippen LogP contribution in [0.5, 0.6) is 0 Å². The number of aryl methyl sites for hydroxylation is 1. The summed E-state index contributed by atoms with van der Waals surface area (Å²) in [6.45, 7) is 8.54. The predicted molar refractivity (Wildman–Crippen MR) is 86.9 cm³/mol. The maximum Gasteiger partial charge on any atom is 0.139 e. The Bertz CT molecular complexity index is 613. The highest BCUT2D eigenvalue weighted by Crippen LogP contribution is 2.27. The van der Waals surface area contributed by atoms with Crippen molar-refractivity contribution in [1.29, 1.82) is 0 Å². The molecule has 1 atom stereocenters. The molecule has 1 aromatic carbocycles. The Kier molecular flexibility index (Phi) is 4.38. The van der Waals surface area contributed by atoms with Crippen molar-refractivity contribution in [3.63, 3.8) is 0 Å². The molecule has 0 amide bonds. The molecule has 1 nitrogen and oxygen atoms in total. The number of aliphatic hydroxyl groups is 1. The molecule has 0 bridgehead atoms. The van der Waals surface area contributed by atoms with Gasteiger partial charge < -0.3 is 5.11 Å². The van der Waals surface area contributed by atoms with Crippen LogP contribution >= 0.6 is 0 Å². The molecule has 2 rings (SSSR count). The molecule has 1 N–H and O–H groups in total. The molecular formula is C18H22OSi. The van der Waals surface area contributed by atoms with E-state index in [1.54, 1.807) is 0 Å². The quantitative estimate of drug-likeness (QED) is 0.615. The predicted octanol–water partition coefficient (Wildman–Crippen LogP) is 3.67. The van der Waals surface area contributed by atoms with Crippen molar-refractivity contribution < 1.29 is 5.11 Å². The van der Waals surface area contributed by atoms with Gasteiger partial charge in [-0.3, -0.25) is 0 Å². The molecule has 1 saturated carbocycles. The highest BCUT2D eigenvalue weighted by atomic mass is 28.3. The average Bonchev–Trinajstić information content (AvgIpc) is 3.18. The van der Waals surface area contributed by atoms with Gasteiger partial charge in [-0.2, -0.15) is 0 Å². The fourth-order valence-electron chi connectivity index (χ4n) is 1.79. The minimum absolute atomic E-state index is 0.594. The lowest BCUT2D eigenvalue weighted by Crippen LogP contribution is -2.17. The van der Waals surface area contributed by atoms with Crippen molar-refractivity contribution in [1.82, 2.24) is 0 Å². The first-order valence-corrected chi connectivity index (χ1v) is 10.7. The second kappa shape index (κ2) is 5.88. The summed E-state index contributed by atoms with van der Waals surface area (Å²) in [6.07, 6.45) is 1.76. The van der Waals surface area contributed by atoms with Crippen molar-refractivity contribution in [3.05, 3.63) is 34.9 Å². The van der Waals surface area contributed by atoms with Gasteiger partial charge in [0.1, 0.15) is 14.2 Å². The molecule has 1 unspecified atom stereocenters. The molecule has 0 heterocycles. The van der Waals surface area contributed by atoms with Crippen LogP contribution in [-0.4, -0.2) is 13.2 Å². The summed E-state index contributed by atoms with van der Waals surface area (Å²) in [7, 11) is -1.45. The Morgan fingerprint density at radius 1 is 1.25 bits per heavy atom. The first-order valence-electron chi connectivity index (χ1n) is 7.18. The summed E-state index contributed by atoms with van der Waals surface area (Å²) in [4.78, 5) is 0. The number of rotatable bonds is 1. The van der Waals surface area contributed by atoms with E-state index in [1.165, 1.54) is 12.8 Å². The van der Waals surface area contributed by atoms with Crippen molar-refractivity contribution >= 4 is 8.07 Å². The van der Waals surface area contributed by atoms with E-state index < -0.39 is 14.2 Å². The molecule has 1 aliphatic rings. The second-order valence-electron chi connectivity index (χ2n) is 6.54. The number of benzene rings is 1. The van der Waals surface area contributed by atoms with Crippen LogP contribution < -0.4 is 0 Å². The van der Waals surface area contributed by atoms with Gasteiger partial charge in [-0.15, -0.1) is 5.54 Å². The van der Waals surface area contributed by atoms with Crippen LogP contribution in [0.1, 0.15) is 35.6 Å². The molecule has 0 spiro atoms. The molecule has 1 aromatic rings. The third-order valence-electron chi connectivity index (χ3n) is 3.16. The van der Waals surface area contributed by atoms with Gasteiger partial charge in [0.2, 0.25) is 0 Å². The minimum atomic E-state index is -1.45. The number of aliphatic hydroxyl groups excluding tert-OH is 1. The standard InChI is InChI=1S/C18H22OSi/c1-14-5-6-16(10-9-15-7-8-15)13-17(14)18(19)11-12-20(2,3)4/h5-6,13,15,18-19H,7-8H2,1-4H3. The summed E-state index contributed by atoms with van der Waals surface area (Å²) in [5.41, 5.74) is 6.16. The zero-order valence-corrected chi connectivity index (χ0v) is 13.7. The Labute approximate surface area is 123 Å². The van der Waals surface area contributed by atoms with Crippen molar-refractivity contribution in [3.8, 4) is 23.3 Å². The van der Waals surface area contributed by atoms with E-state index in [2.05, 4.69) is 42.9 Å². The molecule has 0 radical (unpaired) electrons. The van der Waals surface area contributed by atoms with Crippen LogP contribution in [0, 0.1) is 36.1 Å². The minimum Gasteiger partial charge on any atom is -0.376 e. The van der Waals surface area contributed by atoms with Crippen LogP contribution in [0.15, 0.2) is 18.2 Å². The maximum atomic E-state index is 10.3. The topological polar surface area (TPSA) is 20.2 Å². The summed E-state index contributed by atoms with van der Waals surface area (Å²) < 4.78 is 0. The Morgan fingerprint density at radius 3 is 2.55 bits per heavy atom. The van der Waals surface area contributed by atoms with Gasteiger partial charge in [-0.05, 0) is 43.0 Å². The van der Waals surface area contributed by atoms with Crippen LogP contribution in [-0.2, 0) is 0 Å². The van der Waals surface area contributed by atoms with Gasteiger partial charge in [0.05, 0.1) is 0 Å². The fraction of sp³-hybridized carbons (Fsp3) is 0.444. The Balaban J connectivity index is 2.23. The number of hydrogen-bond acceptors (Lipinski definition) is 1. The SMILES string of the molecule is Cc1ccc(C#CC2CC2)cc1C(O)C#C[Si](C)(C)C. The molecule has 1 aliphatic carbocycles. The van der Waals surface area contributed by atoms with E-state index in [9.17, 15) is 5.11 Å². The van der Waals surface area contributed by atoms with Crippen molar-refractivity contribution in [2.75, 3.05) is 0 Å². The van der Waals surface area contributed by atoms with Gasteiger partial charge in [0, 0.05) is 11.5 Å². The molecule has 104 valence electrons. The lowest BCUT2D eigenvalue weighted by molar-refractivity contribution is 0.237. The monoisotopic (exact) mass is 282 g/mol. The molecule has 2 heteroatoms. The molecule has 1 fully saturated rings. The summed E-state index contributed by atoms with van der Waals surface area (Å²) in [6, 6.07) is 6.02. The zero-order chi connectivity index (χ0) is 14.8. The van der Waals surface area contributed by atoms with E-state index in [-0.39, 0.29) is 0 Å². The van der Waals surface area contributed by atoms with Crippen LogP contribution in [0.2, 0.25) is 19.6 Å². The van der Waals surface area contributed by atoms with E-state index in [1.807, 2.05) is 25.1 Å². The smallest absolute Gasteiger partial charge is 0.139 e. The summed E-state index contributed by atoms with van der Waals surface area (Å²) in [5, 5.41) is 10.3. The molecule has 0 aromatic heterocycles. The third-order valence-corrected chi connectivity index (χ3v) is 4.05. The lowest BCUT2D eigenvalue weighted by atomic mass is 10.0. The first-order chi connectivity index (χ1) is 9.35. The third kappa shape index (κ3) is 4.56. The summed E-state index contributed by atoms with van der Waals surface area (Å²) in [5.74, 6) is 10.1. The van der Waals surface area contributed by atoms with Crippen LogP contribution in [0.3, 0.4) is 0 Å². The van der Waals surface area contributed by atoms with Crippen LogP contribution in [0.4, 0.5) is 0 Å². The molecular weight excluding hydrogens is 260 g/mol. The van der Waals surface area contributed by atoms with Gasteiger partial charge in [0.25, 0.3) is 0 Å². The van der Waals surface area contributed by atoms with Gasteiger partial charge in [-0.25, -0.2) is 0 Å². The Morgan fingerprint density at radius 2 is 1.95 bits per heavy atom. The highest BCUT2D eigenvalue weighted by molar-refractivity contribution is 6.83. The maximum absolute atomic E-state index is 10.3. The van der Waals surface area contributed by atoms with Crippen LogP contribution in [0.25, 0.3) is 0 Å². The second-order valence-corrected chi connectivity index (χ2v) is 11.3. The van der Waals surface area contributed by atoms with Gasteiger partial charge in [0.15, 0.2) is 0 Å². The fourth-order valence-corrected chi connectivity index (χ4v) is 2.36. The molecule has 20 heavy (non-hydrogen) atoms. The van der Waals surface area contributed by atoms with Crippen molar-refractivity contribution in [2.24, 2.45) is 5.92 Å². The molecule has 0 saturated heterocycles. The normalized spacial score (nSPS) is 15.7. The van der Waals surface area contributed by atoms with Gasteiger partial charge >= 0.3 is 0 Å². The Hall–Kier alpha value is -1.48. The van der Waals surface area contributed by atoms with E-state index in [4.69, 9.17) is 0 Å². The largest absolute Gasteiger partial charge is 0.376 e.